The lowest BCUT2D eigenvalue weighted by atomic mass is 9.87. The number of likely N-dealkylation sites (N-methyl/N-ethyl adjacent to an activating group) is 1. The second-order valence-corrected chi connectivity index (χ2v) is 8.24. The molecule has 1 aromatic carbocycles. The van der Waals surface area contributed by atoms with Crippen LogP contribution in [0.25, 0.3) is 10.2 Å². The van der Waals surface area contributed by atoms with Gasteiger partial charge in [0.25, 0.3) is 11.8 Å². The second-order valence-electron chi connectivity index (χ2n) is 7.38. The number of fused-ring (bicyclic) bond motifs is 1. The Kier molecular flexibility index (Phi) is 5.71. The van der Waals surface area contributed by atoms with Crippen LogP contribution in [0.15, 0.2) is 29.8 Å². The zero-order chi connectivity index (χ0) is 22.2. The summed E-state index contributed by atoms with van der Waals surface area (Å²) in [4.78, 5) is 20.3. The van der Waals surface area contributed by atoms with Gasteiger partial charge in [-0.15, -0.1) is 11.3 Å². The van der Waals surface area contributed by atoms with E-state index in [2.05, 4.69) is 25.9 Å². The fourth-order valence-corrected chi connectivity index (χ4v) is 4.66. The minimum atomic E-state index is -2.93. The summed E-state index contributed by atoms with van der Waals surface area (Å²) in [6.45, 7) is 0. The number of aromatic nitrogens is 2. The first kappa shape index (κ1) is 21.3. The zero-order valence-corrected chi connectivity index (χ0v) is 17.4. The highest BCUT2D eigenvalue weighted by atomic mass is 32.1. The van der Waals surface area contributed by atoms with Crippen molar-refractivity contribution in [3.05, 3.63) is 41.2 Å². The fraction of sp³-hybridized carbons (Fsp3) is 0.350. The van der Waals surface area contributed by atoms with Crippen LogP contribution in [-0.4, -0.2) is 40.9 Å². The molecule has 3 aromatic rings. The average molecular weight is 450 g/mol. The number of rotatable bonds is 6. The molecule has 31 heavy (non-hydrogen) atoms. The van der Waals surface area contributed by atoms with Gasteiger partial charge in [-0.05, 0) is 38.1 Å². The summed E-state index contributed by atoms with van der Waals surface area (Å²) in [7, 11) is 1.45. The molecule has 164 valence electrons. The third-order valence-corrected chi connectivity index (χ3v) is 6.24. The molecule has 4 rings (SSSR count). The largest absolute Gasteiger partial charge is 0.365 e. The smallest absolute Gasteiger partial charge is 0.265 e. The van der Waals surface area contributed by atoms with Crippen molar-refractivity contribution in [3.63, 3.8) is 0 Å². The van der Waals surface area contributed by atoms with Gasteiger partial charge in [0.1, 0.15) is 5.82 Å². The summed E-state index contributed by atoms with van der Waals surface area (Å²) < 4.78 is 44.1. The molecule has 0 spiro atoms. The highest BCUT2D eigenvalue weighted by Gasteiger charge is 2.46. The van der Waals surface area contributed by atoms with E-state index >= 15 is 0 Å². The van der Waals surface area contributed by atoms with Crippen LogP contribution in [0, 0.1) is 5.82 Å². The van der Waals surface area contributed by atoms with E-state index in [9.17, 15) is 18.0 Å². The van der Waals surface area contributed by atoms with Crippen molar-refractivity contribution in [2.45, 2.75) is 37.3 Å². The predicted octanol–water partition coefficient (Wildman–Crippen LogP) is 3.86. The second kappa shape index (κ2) is 8.31. The van der Waals surface area contributed by atoms with Crippen LogP contribution < -0.4 is 21.7 Å². The molecule has 5 N–H and O–H groups in total. The summed E-state index contributed by atoms with van der Waals surface area (Å²) in [6, 6.07) is 4.41. The molecular formula is C20H21F3N6OS. The third-order valence-electron chi connectivity index (χ3n) is 5.37. The summed E-state index contributed by atoms with van der Waals surface area (Å²) >= 11 is 1.39. The number of amides is 1. The van der Waals surface area contributed by atoms with Crippen LogP contribution in [0.3, 0.4) is 0 Å². The van der Waals surface area contributed by atoms with Gasteiger partial charge in [-0.25, -0.2) is 23.1 Å². The quantitative estimate of drug-likeness (QED) is 0.455. The molecule has 0 aliphatic heterocycles. The van der Waals surface area contributed by atoms with Gasteiger partial charge in [-0.1, -0.05) is 6.07 Å². The van der Waals surface area contributed by atoms with Gasteiger partial charge in [0.2, 0.25) is 0 Å². The van der Waals surface area contributed by atoms with Crippen LogP contribution in [0.4, 0.5) is 30.5 Å². The maximum Gasteiger partial charge on any atom is 0.265 e. The topological polar surface area (TPSA) is 105 Å². The van der Waals surface area contributed by atoms with Crippen molar-refractivity contribution in [2.75, 3.05) is 17.7 Å². The lowest BCUT2D eigenvalue weighted by Crippen LogP contribution is -2.56. The fourth-order valence-electron chi connectivity index (χ4n) is 3.90. The van der Waals surface area contributed by atoms with E-state index in [0.717, 1.165) is 16.3 Å². The molecule has 1 amide bonds. The van der Waals surface area contributed by atoms with E-state index in [1.807, 2.05) is 6.07 Å². The van der Waals surface area contributed by atoms with Crippen LogP contribution in [0.5, 0.6) is 0 Å². The lowest BCUT2D eigenvalue weighted by Gasteiger charge is -2.38. The lowest BCUT2D eigenvalue weighted by molar-refractivity contribution is -0.0654. The number of hydrogen-bond donors (Lipinski definition) is 4. The number of hydrogen-bond acceptors (Lipinski definition) is 7. The Morgan fingerprint density at radius 2 is 2.13 bits per heavy atom. The first-order chi connectivity index (χ1) is 14.8. The Balaban J connectivity index is 1.70. The van der Waals surface area contributed by atoms with E-state index in [1.54, 1.807) is 17.6 Å². The molecule has 1 aliphatic rings. The van der Waals surface area contributed by atoms with Crippen LogP contribution in [-0.2, 0) is 0 Å². The number of halogens is 3. The number of primary amides is 1. The maximum absolute atomic E-state index is 14.7. The number of anilines is 3. The summed E-state index contributed by atoms with van der Waals surface area (Å²) in [5, 5.41) is 8.44. The monoisotopic (exact) mass is 450 g/mol. The van der Waals surface area contributed by atoms with Gasteiger partial charge >= 0.3 is 0 Å². The molecule has 0 bridgehead atoms. The van der Waals surface area contributed by atoms with Crippen molar-refractivity contribution in [2.24, 2.45) is 5.73 Å². The standard InChI is InChI=1S/C20H21F3N6OS/c1-25-16-14(6-3-7-20(16,22)23)28-19-11(21)8-10(17(24)30)18(29-19)27-13-5-2-4-12-15(13)31-9-26-12/h2,4-5,8-9,14,16,25H,3,6-7H2,1H3,(H2,24,30)(H2,27,28,29). The van der Waals surface area contributed by atoms with Crippen LogP contribution >= 0.6 is 11.3 Å². The Morgan fingerprint density at radius 1 is 1.32 bits per heavy atom. The molecule has 2 atom stereocenters. The van der Waals surface area contributed by atoms with Crippen LogP contribution in [0.2, 0.25) is 0 Å². The van der Waals surface area contributed by atoms with E-state index in [1.165, 1.54) is 18.4 Å². The molecule has 1 aliphatic carbocycles. The molecule has 11 heteroatoms. The number of pyridine rings is 1. The Bertz CT molecular complexity index is 1120. The summed E-state index contributed by atoms with van der Waals surface area (Å²) in [6.07, 6.45) is 0.476. The SMILES string of the molecule is CNC1C(Nc2nc(Nc3cccc4ncsc34)c(C(N)=O)cc2F)CCCC1(F)F. The number of benzene rings is 1. The van der Waals surface area contributed by atoms with Crippen molar-refractivity contribution in [1.82, 2.24) is 15.3 Å². The Morgan fingerprint density at radius 3 is 2.87 bits per heavy atom. The highest BCUT2D eigenvalue weighted by molar-refractivity contribution is 7.17. The minimum absolute atomic E-state index is 0.0286. The molecule has 2 unspecified atom stereocenters. The highest BCUT2D eigenvalue weighted by Crippen LogP contribution is 2.36. The Hall–Kier alpha value is -2.92. The van der Waals surface area contributed by atoms with Gasteiger partial charge in [0.15, 0.2) is 11.6 Å². The molecule has 2 aromatic heterocycles. The van der Waals surface area contributed by atoms with Crippen molar-refractivity contribution < 1.29 is 18.0 Å². The van der Waals surface area contributed by atoms with E-state index in [-0.39, 0.29) is 23.6 Å². The van der Waals surface area contributed by atoms with E-state index in [0.29, 0.717) is 18.5 Å². The normalized spacial score (nSPS) is 20.5. The first-order valence-corrected chi connectivity index (χ1v) is 10.6. The van der Waals surface area contributed by atoms with E-state index < -0.39 is 29.7 Å². The summed E-state index contributed by atoms with van der Waals surface area (Å²) in [5.74, 6) is -4.85. The predicted molar refractivity (Wildman–Crippen MR) is 115 cm³/mol. The average Bonchev–Trinajstić information content (AvgIpc) is 3.19. The van der Waals surface area contributed by atoms with Crippen molar-refractivity contribution in [1.29, 1.82) is 0 Å². The maximum atomic E-state index is 14.7. The molecule has 0 saturated heterocycles. The number of alkyl halides is 2. The number of nitrogens with one attached hydrogen (secondary N) is 3. The van der Waals surface area contributed by atoms with Crippen LogP contribution in [0.1, 0.15) is 29.6 Å². The van der Waals surface area contributed by atoms with Gasteiger partial charge in [-0.3, -0.25) is 4.79 Å². The van der Waals surface area contributed by atoms with Gasteiger partial charge < -0.3 is 21.7 Å². The number of nitrogens with two attached hydrogens (primary N) is 1. The van der Waals surface area contributed by atoms with E-state index in [4.69, 9.17) is 5.73 Å². The minimum Gasteiger partial charge on any atom is -0.365 e. The molecule has 2 heterocycles. The Labute approximate surface area is 180 Å². The molecule has 1 fully saturated rings. The zero-order valence-electron chi connectivity index (χ0n) is 16.6. The van der Waals surface area contributed by atoms with Gasteiger partial charge in [-0.2, -0.15) is 0 Å². The molecule has 0 radical (unpaired) electrons. The molecule has 1 saturated carbocycles. The number of carbonyl (C=O) groups is 1. The van der Waals surface area contributed by atoms with Crippen molar-refractivity contribution >= 4 is 44.8 Å². The first-order valence-electron chi connectivity index (χ1n) is 9.71. The molecular weight excluding hydrogens is 429 g/mol. The third kappa shape index (κ3) is 4.15. The number of carbonyl (C=O) groups excluding carboxylic acids is 1. The molecule has 7 nitrogen and oxygen atoms in total. The number of thiazole rings is 1. The van der Waals surface area contributed by atoms with Gasteiger partial charge in [0, 0.05) is 12.5 Å². The summed E-state index contributed by atoms with van der Waals surface area (Å²) in [5.41, 5.74) is 8.31. The van der Waals surface area contributed by atoms with Crippen molar-refractivity contribution in [3.8, 4) is 0 Å². The van der Waals surface area contributed by atoms with Gasteiger partial charge in [0.05, 0.1) is 33.0 Å². The number of nitrogens with zero attached hydrogens (tertiary/aromatic N) is 2.